The van der Waals surface area contributed by atoms with Crippen LogP contribution >= 0.6 is 0 Å². The van der Waals surface area contributed by atoms with E-state index < -0.39 is 0 Å². The van der Waals surface area contributed by atoms with Gasteiger partial charge in [0.2, 0.25) is 0 Å². The lowest BCUT2D eigenvalue weighted by Gasteiger charge is -2.35. The Morgan fingerprint density at radius 1 is 1.16 bits per heavy atom. The van der Waals surface area contributed by atoms with Gasteiger partial charge >= 0.3 is 0 Å². The van der Waals surface area contributed by atoms with Crippen molar-refractivity contribution in [1.82, 2.24) is 9.80 Å². The zero-order chi connectivity index (χ0) is 17.6. The highest BCUT2D eigenvalue weighted by molar-refractivity contribution is 5.94. The fourth-order valence-corrected chi connectivity index (χ4v) is 3.10. The third-order valence-electron chi connectivity index (χ3n) is 4.49. The second-order valence-electron chi connectivity index (χ2n) is 6.09. The van der Waals surface area contributed by atoms with Crippen molar-refractivity contribution in [2.45, 2.75) is 18.9 Å². The number of piperazine rings is 1. The summed E-state index contributed by atoms with van der Waals surface area (Å²) in [5.74, 6) is 0.546. The average molecular weight is 343 g/mol. The molecular weight excluding hydrogens is 322 g/mol. The van der Waals surface area contributed by atoms with Gasteiger partial charge in [-0.15, -0.1) is 0 Å². The predicted octanol–water partition coefficient (Wildman–Crippen LogP) is 1.05. The minimum Gasteiger partial charge on any atom is -0.479 e. The standard InChI is InChI=1S/C18H21N3O4/c19-7-13-24-15-5-3-14(4-6-15)17(22)20-8-10-21(11-9-20)18(23)16-2-1-12-25-16/h3-6,16H,1-2,8-13H2/t16-/m0/s1. The Morgan fingerprint density at radius 2 is 1.84 bits per heavy atom. The van der Waals surface area contributed by atoms with Crippen LogP contribution in [0.4, 0.5) is 0 Å². The van der Waals surface area contributed by atoms with E-state index in [1.165, 1.54) is 0 Å². The number of rotatable bonds is 4. The molecule has 0 N–H and O–H groups in total. The molecule has 2 aliphatic rings. The second kappa shape index (κ2) is 7.99. The van der Waals surface area contributed by atoms with Crippen LogP contribution in [0.3, 0.4) is 0 Å². The summed E-state index contributed by atoms with van der Waals surface area (Å²) in [6.07, 6.45) is 1.42. The van der Waals surface area contributed by atoms with Gasteiger partial charge in [-0.2, -0.15) is 5.26 Å². The Hall–Kier alpha value is -2.59. The monoisotopic (exact) mass is 343 g/mol. The Kier molecular flexibility index (Phi) is 5.51. The van der Waals surface area contributed by atoms with E-state index in [1.807, 2.05) is 6.07 Å². The number of nitriles is 1. The van der Waals surface area contributed by atoms with Crippen molar-refractivity contribution in [2.24, 2.45) is 0 Å². The van der Waals surface area contributed by atoms with Crippen molar-refractivity contribution in [3.63, 3.8) is 0 Å². The number of carbonyl (C=O) groups is 2. The third-order valence-corrected chi connectivity index (χ3v) is 4.49. The van der Waals surface area contributed by atoms with Crippen molar-refractivity contribution < 1.29 is 19.1 Å². The van der Waals surface area contributed by atoms with E-state index in [2.05, 4.69) is 0 Å². The number of amides is 2. The molecule has 7 heteroatoms. The van der Waals surface area contributed by atoms with E-state index in [0.29, 0.717) is 44.1 Å². The van der Waals surface area contributed by atoms with Crippen molar-refractivity contribution in [1.29, 1.82) is 5.26 Å². The number of benzene rings is 1. The van der Waals surface area contributed by atoms with E-state index >= 15 is 0 Å². The fraction of sp³-hybridized carbons (Fsp3) is 0.500. The molecule has 0 saturated carbocycles. The van der Waals surface area contributed by atoms with Crippen LogP contribution in [-0.4, -0.2) is 67.1 Å². The molecule has 1 aromatic carbocycles. The Morgan fingerprint density at radius 3 is 2.44 bits per heavy atom. The topological polar surface area (TPSA) is 82.9 Å². The summed E-state index contributed by atoms with van der Waals surface area (Å²) in [7, 11) is 0. The van der Waals surface area contributed by atoms with Gasteiger partial charge in [0.15, 0.2) is 6.61 Å². The van der Waals surface area contributed by atoms with Crippen LogP contribution in [0.25, 0.3) is 0 Å². The van der Waals surface area contributed by atoms with E-state index in [1.54, 1.807) is 34.1 Å². The highest BCUT2D eigenvalue weighted by atomic mass is 16.5. The highest BCUT2D eigenvalue weighted by Crippen LogP contribution is 2.18. The fourth-order valence-electron chi connectivity index (χ4n) is 3.10. The lowest BCUT2D eigenvalue weighted by molar-refractivity contribution is -0.142. The van der Waals surface area contributed by atoms with Gasteiger partial charge < -0.3 is 19.3 Å². The zero-order valence-electron chi connectivity index (χ0n) is 14.0. The molecule has 2 fully saturated rings. The van der Waals surface area contributed by atoms with Gasteiger partial charge in [0.25, 0.3) is 11.8 Å². The van der Waals surface area contributed by atoms with Crippen molar-refractivity contribution >= 4 is 11.8 Å². The van der Waals surface area contributed by atoms with Crippen LogP contribution in [0.15, 0.2) is 24.3 Å². The molecule has 2 saturated heterocycles. The number of carbonyl (C=O) groups excluding carboxylic acids is 2. The Labute approximate surface area is 146 Å². The van der Waals surface area contributed by atoms with Crippen LogP contribution in [0.1, 0.15) is 23.2 Å². The first-order valence-corrected chi connectivity index (χ1v) is 8.48. The minimum atomic E-state index is -0.303. The number of hydrogen-bond donors (Lipinski definition) is 0. The maximum atomic E-state index is 12.6. The summed E-state index contributed by atoms with van der Waals surface area (Å²) >= 11 is 0. The average Bonchev–Trinajstić information content (AvgIpc) is 3.20. The summed E-state index contributed by atoms with van der Waals surface area (Å²) < 4.78 is 10.6. The number of ether oxygens (including phenoxy) is 2. The van der Waals surface area contributed by atoms with Crippen molar-refractivity contribution in [3.05, 3.63) is 29.8 Å². The molecular formula is C18H21N3O4. The normalized spacial score (nSPS) is 20.2. The van der Waals surface area contributed by atoms with Crippen LogP contribution in [0.2, 0.25) is 0 Å². The molecule has 2 heterocycles. The molecule has 0 bridgehead atoms. The summed E-state index contributed by atoms with van der Waals surface area (Å²) in [6, 6.07) is 8.65. The molecule has 2 amide bonds. The highest BCUT2D eigenvalue weighted by Gasteiger charge is 2.31. The third kappa shape index (κ3) is 4.09. The Balaban J connectivity index is 1.52. The second-order valence-corrected chi connectivity index (χ2v) is 6.09. The number of nitrogens with zero attached hydrogens (tertiary/aromatic N) is 3. The van der Waals surface area contributed by atoms with Crippen LogP contribution in [-0.2, 0) is 9.53 Å². The molecule has 0 aromatic heterocycles. The predicted molar refractivity (Wildman–Crippen MR) is 89.0 cm³/mol. The van der Waals surface area contributed by atoms with Gasteiger partial charge in [-0.1, -0.05) is 0 Å². The Bertz CT molecular complexity index is 654. The van der Waals surface area contributed by atoms with Gasteiger partial charge in [0.1, 0.15) is 17.9 Å². The lowest BCUT2D eigenvalue weighted by Crippen LogP contribution is -2.52. The van der Waals surface area contributed by atoms with E-state index in [0.717, 1.165) is 12.8 Å². The zero-order valence-corrected chi connectivity index (χ0v) is 14.0. The van der Waals surface area contributed by atoms with Gasteiger partial charge in [-0.3, -0.25) is 9.59 Å². The molecule has 1 aromatic rings. The van der Waals surface area contributed by atoms with Crippen LogP contribution in [0, 0.1) is 11.3 Å². The molecule has 132 valence electrons. The van der Waals surface area contributed by atoms with Crippen LogP contribution < -0.4 is 4.74 Å². The summed E-state index contributed by atoms with van der Waals surface area (Å²) in [5, 5.41) is 8.50. The van der Waals surface area contributed by atoms with Crippen molar-refractivity contribution in [3.8, 4) is 11.8 Å². The summed E-state index contributed by atoms with van der Waals surface area (Å²) in [6.45, 7) is 2.74. The first-order valence-electron chi connectivity index (χ1n) is 8.48. The van der Waals surface area contributed by atoms with Gasteiger partial charge in [0, 0.05) is 38.3 Å². The molecule has 0 radical (unpaired) electrons. The van der Waals surface area contributed by atoms with Gasteiger partial charge in [-0.25, -0.2) is 0 Å². The molecule has 25 heavy (non-hydrogen) atoms. The first-order chi connectivity index (χ1) is 12.2. The molecule has 0 spiro atoms. The quantitative estimate of drug-likeness (QED) is 0.816. The first kappa shape index (κ1) is 17.2. The van der Waals surface area contributed by atoms with E-state index in [4.69, 9.17) is 14.7 Å². The van der Waals surface area contributed by atoms with Crippen molar-refractivity contribution in [2.75, 3.05) is 39.4 Å². The van der Waals surface area contributed by atoms with Gasteiger partial charge in [0.05, 0.1) is 0 Å². The molecule has 0 aliphatic carbocycles. The van der Waals surface area contributed by atoms with E-state index in [-0.39, 0.29) is 24.5 Å². The largest absolute Gasteiger partial charge is 0.479 e. The van der Waals surface area contributed by atoms with E-state index in [9.17, 15) is 9.59 Å². The molecule has 0 unspecified atom stereocenters. The lowest BCUT2D eigenvalue weighted by atomic mass is 10.1. The number of hydrogen-bond acceptors (Lipinski definition) is 5. The molecule has 1 atom stereocenters. The molecule has 2 aliphatic heterocycles. The summed E-state index contributed by atoms with van der Waals surface area (Å²) in [5.41, 5.74) is 0.572. The summed E-state index contributed by atoms with van der Waals surface area (Å²) in [4.78, 5) is 28.4. The minimum absolute atomic E-state index is 0.0199. The molecule has 3 rings (SSSR count). The van der Waals surface area contributed by atoms with Gasteiger partial charge in [-0.05, 0) is 37.1 Å². The maximum absolute atomic E-state index is 12.6. The molecule has 7 nitrogen and oxygen atoms in total. The smallest absolute Gasteiger partial charge is 0.253 e. The SMILES string of the molecule is N#CCOc1ccc(C(=O)N2CCN(C(=O)[C@@H]3CCCO3)CC2)cc1. The van der Waals surface area contributed by atoms with Crippen LogP contribution in [0.5, 0.6) is 5.75 Å². The maximum Gasteiger partial charge on any atom is 0.253 e.